The average Bonchev–Trinajstić information content (AvgIpc) is 2.59. The summed E-state index contributed by atoms with van der Waals surface area (Å²) < 4.78 is 0. The molecule has 0 aliphatic heterocycles. The molecule has 2 rings (SSSR count). The van der Waals surface area contributed by atoms with Gasteiger partial charge in [-0.2, -0.15) is 5.10 Å². The molecule has 1 aromatic carbocycles. The van der Waals surface area contributed by atoms with Crippen LogP contribution in [0.5, 0.6) is 0 Å². The van der Waals surface area contributed by atoms with Crippen molar-refractivity contribution in [3.8, 4) is 0 Å². The summed E-state index contributed by atoms with van der Waals surface area (Å²) >= 11 is 0. The fraction of sp³-hybridized carbons (Fsp3) is 0. The molecule has 0 saturated heterocycles. The fourth-order valence-electron chi connectivity index (χ4n) is 1.27. The number of aromatic amines is 1. The predicted molar refractivity (Wildman–Crippen MR) is 52.2 cm³/mol. The van der Waals surface area contributed by atoms with Gasteiger partial charge in [-0.3, -0.25) is 15.3 Å². The van der Waals surface area contributed by atoms with E-state index >= 15 is 0 Å². The van der Waals surface area contributed by atoms with Crippen molar-refractivity contribution in [3.05, 3.63) is 23.9 Å². The first-order valence-electron chi connectivity index (χ1n) is 3.97. The summed E-state index contributed by atoms with van der Waals surface area (Å²) in [5, 5.41) is 7.20. The molecule has 0 saturated carbocycles. The molecular formula is C8H9N5O. The third-order valence-corrected chi connectivity index (χ3v) is 1.93. The van der Waals surface area contributed by atoms with Crippen molar-refractivity contribution in [2.75, 3.05) is 5.73 Å². The van der Waals surface area contributed by atoms with Crippen molar-refractivity contribution in [2.45, 2.75) is 0 Å². The quantitative estimate of drug-likeness (QED) is 0.215. The van der Waals surface area contributed by atoms with E-state index in [9.17, 15) is 4.79 Å². The molecule has 0 fully saturated rings. The molecule has 6 nitrogen and oxygen atoms in total. The largest absolute Gasteiger partial charge is 0.399 e. The normalized spacial score (nSPS) is 10.4. The van der Waals surface area contributed by atoms with Crippen LogP contribution in [0.15, 0.2) is 18.2 Å². The van der Waals surface area contributed by atoms with Crippen LogP contribution in [0.1, 0.15) is 10.5 Å². The lowest BCUT2D eigenvalue weighted by molar-refractivity contribution is 0.0950. The minimum absolute atomic E-state index is 0.245. The Bertz CT molecular complexity index is 489. The maximum Gasteiger partial charge on any atom is 0.286 e. The number of carbonyl (C=O) groups is 1. The van der Waals surface area contributed by atoms with Gasteiger partial charge in [0, 0.05) is 11.1 Å². The first kappa shape index (κ1) is 8.52. The highest BCUT2D eigenvalue weighted by Gasteiger charge is 2.12. The van der Waals surface area contributed by atoms with Crippen LogP contribution in [0.4, 0.5) is 5.69 Å². The van der Waals surface area contributed by atoms with Crippen LogP contribution in [-0.2, 0) is 0 Å². The summed E-state index contributed by atoms with van der Waals surface area (Å²) in [5.74, 6) is 4.56. The van der Waals surface area contributed by atoms with Crippen LogP contribution in [0, 0.1) is 0 Å². The van der Waals surface area contributed by atoms with Crippen molar-refractivity contribution < 1.29 is 4.79 Å². The topological polar surface area (TPSA) is 110 Å². The Labute approximate surface area is 79.2 Å². The number of nitrogens with two attached hydrogens (primary N) is 2. The summed E-state index contributed by atoms with van der Waals surface area (Å²) in [5.41, 5.74) is 9.17. The number of carbonyl (C=O) groups excluding carboxylic acids is 1. The van der Waals surface area contributed by atoms with Gasteiger partial charge in [0.15, 0.2) is 5.69 Å². The second kappa shape index (κ2) is 3.00. The van der Waals surface area contributed by atoms with E-state index in [1.165, 1.54) is 0 Å². The minimum atomic E-state index is -0.443. The van der Waals surface area contributed by atoms with Crippen LogP contribution < -0.4 is 17.0 Å². The number of fused-ring (bicyclic) bond motifs is 1. The van der Waals surface area contributed by atoms with E-state index in [-0.39, 0.29) is 5.69 Å². The highest BCUT2D eigenvalue weighted by Crippen LogP contribution is 2.18. The van der Waals surface area contributed by atoms with E-state index in [0.29, 0.717) is 11.1 Å². The maximum atomic E-state index is 11.2. The molecule has 0 bridgehead atoms. The minimum Gasteiger partial charge on any atom is -0.399 e. The average molecular weight is 191 g/mol. The van der Waals surface area contributed by atoms with E-state index in [4.69, 9.17) is 11.6 Å². The Kier molecular flexibility index (Phi) is 1.83. The number of rotatable bonds is 1. The number of amides is 1. The smallest absolute Gasteiger partial charge is 0.286 e. The maximum absolute atomic E-state index is 11.2. The monoisotopic (exact) mass is 191 g/mol. The molecule has 1 aromatic heterocycles. The van der Waals surface area contributed by atoms with Crippen LogP contribution in [0.3, 0.4) is 0 Å². The van der Waals surface area contributed by atoms with Gasteiger partial charge >= 0.3 is 0 Å². The predicted octanol–water partition coefficient (Wildman–Crippen LogP) is -0.251. The SMILES string of the molecule is NNC(=O)c1n[nH]c2ccc(N)cc12. The van der Waals surface area contributed by atoms with E-state index in [0.717, 1.165) is 5.52 Å². The number of nitrogens with one attached hydrogen (secondary N) is 2. The number of aromatic nitrogens is 2. The van der Waals surface area contributed by atoms with Crippen LogP contribution >= 0.6 is 0 Å². The molecule has 6 heteroatoms. The zero-order chi connectivity index (χ0) is 10.1. The number of hydrogen-bond donors (Lipinski definition) is 4. The van der Waals surface area contributed by atoms with Gasteiger partial charge in [0.1, 0.15) is 0 Å². The second-order valence-corrected chi connectivity index (χ2v) is 2.85. The zero-order valence-electron chi connectivity index (χ0n) is 7.24. The van der Waals surface area contributed by atoms with Crippen molar-refractivity contribution in [1.29, 1.82) is 0 Å². The van der Waals surface area contributed by atoms with Crippen molar-refractivity contribution in [3.63, 3.8) is 0 Å². The number of benzene rings is 1. The van der Waals surface area contributed by atoms with Crippen LogP contribution in [0.25, 0.3) is 10.9 Å². The van der Waals surface area contributed by atoms with Gasteiger partial charge in [0.05, 0.1) is 5.52 Å². The Balaban J connectivity index is 2.67. The Morgan fingerprint density at radius 1 is 1.50 bits per heavy atom. The highest BCUT2D eigenvalue weighted by molar-refractivity contribution is 6.05. The molecule has 0 atom stereocenters. The molecule has 6 N–H and O–H groups in total. The molecule has 0 spiro atoms. The van der Waals surface area contributed by atoms with Gasteiger partial charge in [-0.25, -0.2) is 5.84 Å². The van der Waals surface area contributed by atoms with Crippen LogP contribution in [-0.4, -0.2) is 16.1 Å². The van der Waals surface area contributed by atoms with Gasteiger partial charge in [-0.15, -0.1) is 0 Å². The third-order valence-electron chi connectivity index (χ3n) is 1.93. The third kappa shape index (κ3) is 1.17. The molecule has 0 aliphatic carbocycles. The summed E-state index contributed by atoms with van der Waals surface area (Å²) in [4.78, 5) is 11.2. The van der Waals surface area contributed by atoms with Gasteiger partial charge in [0.25, 0.3) is 5.91 Å². The number of anilines is 1. The second-order valence-electron chi connectivity index (χ2n) is 2.85. The summed E-state index contributed by atoms with van der Waals surface area (Å²) in [6.45, 7) is 0. The number of hydrazine groups is 1. The lowest BCUT2D eigenvalue weighted by atomic mass is 10.2. The van der Waals surface area contributed by atoms with Crippen molar-refractivity contribution >= 4 is 22.5 Å². The highest BCUT2D eigenvalue weighted by atomic mass is 16.2. The summed E-state index contributed by atoms with van der Waals surface area (Å²) in [7, 11) is 0. The van der Waals surface area contributed by atoms with Crippen LogP contribution in [0.2, 0.25) is 0 Å². The van der Waals surface area contributed by atoms with E-state index in [1.54, 1.807) is 18.2 Å². The first-order chi connectivity index (χ1) is 6.72. The zero-order valence-corrected chi connectivity index (χ0v) is 7.24. The Morgan fingerprint density at radius 2 is 2.29 bits per heavy atom. The summed E-state index contributed by atoms with van der Waals surface area (Å²) in [6, 6.07) is 5.15. The molecule has 1 heterocycles. The number of nitrogen functional groups attached to an aromatic ring is 2. The van der Waals surface area contributed by atoms with Crippen molar-refractivity contribution in [1.82, 2.24) is 15.6 Å². The van der Waals surface area contributed by atoms with Crippen molar-refractivity contribution in [2.24, 2.45) is 5.84 Å². The summed E-state index contributed by atoms with van der Waals surface area (Å²) in [6.07, 6.45) is 0. The van der Waals surface area contributed by atoms with E-state index in [2.05, 4.69) is 10.2 Å². The molecule has 72 valence electrons. The van der Waals surface area contributed by atoms with Gasteiger partial charge in [0.2, 0.25) is 0 Å². The standard InChI is InChI=1S/C8H9N5O/c9-4-1-2-6-5(3-4)7(13-12-6)8(14)11-10/h1-3H,9-10H2,(H,11,14)(H,12,13). The molecule has 0 aliphatic rings. The van der Waals surface area contributed by atoms with E-state index in [1.807, 2.05) is 5.43 Å². The lowest BCUT2D eigenvalue weighted by Crippen LogP contribution is -2.30. The van der Waals surface area contributed by atoms with Gasteiger partial charge < -0.3 is 5.73 Å². The Hall–Kier alpha value is -2.08. The molecular weight excluding hydrogens is 182 g/mol. The molecule has 14 heavy (non-hydrogen) atoms. The number of nitrogens with zero attached hydrogens (tertiary/aromatic N) is 1. The molecule has 0 unspecified atom stereocenters. The molecule has 2 aromatic rings. The number of H-pyrrole nitrogens is 1. The lowest BCUT2D eigenvalue weighted by Gasteiger charge is -1.96. The molecule has 1 amide bonds. The van der Waals surface area contributed by atoms with Gasteiger partial charge in [-0.05, 0) is 18.2 Å². The van der Waals surface area contributed by atoms with E-state index < -0.39 is 5.91 Å². The van der Waals surface area contributed by atoms with Gasteiger partial charge in [-0.1, -0.05) is 0 Å². The molecule has 0 radical (unpaired) electrons. The first-order valence-corrected chi connectivity index (χ1v) is 3.97. The number of hydrogen-bond acceptors (Lipinski definition) is 4. The Morgan fingerprint density at radius 3 is 3.00 bits per heavy atom. The fourth-order valence-corrected chi connectivity index (χ4v) is 1.27.